The van der Waals surface area contributed by atoms with E-state index in [1.165, 1.54) is 6.92 Å². The minimum Gasteiger partial charge on any atom is -0.442 e. The molecule has 0 aliphatic carbocycles. The Labute approximate surface area is 143 Å². The molecule has 8 heteroatoms. The molecule has 1 N–H and O–H groups in total. The van der Waals surface area contributed by atoms with Crippen molar-refractivity contribution in [1.29, 1.82) is 0 Å². The summed E-state index contributed by atoms with van der Waals surface area (Å²) >= 11 is 0. The highest BCUT2D eigenvalue weighted by molar-refractivity contribution is 5.90. The molecule has 2 heterocycles. The normalized spacial score (nSPS) is 22.7. The van der Waals surface area contributed by atoms with Gasteiger partial charge in [0.05, 0.1) is 41.8 Å². The molecule has 24 heavy (non-hydrogen) atoms. The van der Waals surface area contributed by atoms with Crippen molar-refractivity contribution in [3.8, 4) is 0 Å². The van der Waals surface area contributed by atoms with Crippen molar-refractivity contribution in [2.75, 3.05) is 49.2 Å². The first-order chi connectivity index (χ1) is 12.8. The number of morpholine rings is 1. The summed E-state index contributed by atoms with van der Waals surface area (Å²) < 4.78 is 49.8. The van der Waals surface area contributed by atoms with E-state index in [1.54, 1.807) is 4.90 Å². The largest absolute Gasteiger partial charge is 0.442 e. The second kappa shape index (κ2) is 7.04. The van der Waals surface area contributed by atoms with Crippen LogP contribution in [0, 0.1) is 5.82 Å². The zero-order valence-electron chi connectivity index (χ0n) is 16.2. The maximum atomic E-state index is 14.9. The minimum atomic E-state index is -0.953. The predicted octanol–water partition coefficient (Wildman–Crippen LogP) is 1.12. The number of anilines is 2. The molecular formula is C16H20FN3O4. The van der Waals surface area contributed by atoms with E-state index in [1.807, 2.05) is 0 Å². The third kappa shape index (κ3) is 3.59. The Kier molecular flexibility index (Phi) is 3.81. The Morgan fingerprint density at radius 1 is 1.46 bits per heavy atom. The summed E-state index contributed by atoms with van der Waals surface area (Å²) in [7, 11) is 0. The van der Waals surface area contributed by atoms with E-state index in [4.69, 9.17) is 13.6 Å². The number of ether oxygens (including phenoxy) is 2. The molecule has 2 saturated heterocycles. The van der Waals surface area contributed by atoms with Crippen LogP contribution >= 0.6 is 0 Å². The number of carbonyl (C=O) groups excluding carboxylic acids is 2. The number of amides is 2. The van der Waals surface area contributed by atoms with E-state index in [9.17, 15) is 14.0 Å². The summed E-state index contributed by atoms with van der Waals surface area (Å²) in [6, 6.07) is -1.44. The monoisotopic (exact) mass is 340 g/mol. The first-order valence-electron chi connectivity index (χ1n) is 9.15. The molecule has 2 aliphatic heterocycles. The molecule has 0 unspecified atom stereocenters. The fourth-order valence-electron chi connectivity index (χ4n) is 2.58. The smallest absolute Gasteiger partial charge is 0.414 e. The number of cyclic esters (lactones) is 1. The van der Waals surface area contributed by atoms with Crippen molar-refractivity contribution in [3.63, 3.8) is 0 Å². The summed E-state index contributed by atoms with van der Waals surface area (Å²) in [6.45, 7) is 2.78. The molecule has 1 atom stereocenters. The summed E-state index contributed by atoms with van der Waals surface area (Å²) in [5.41, 5.74) is -0.427. The van der Waals surface area contributed by atoms with Gasteiger partial charge in [-0.3, -0.25) is 9.69 Å². The number of rotatable bonds is 4. The Morgan fingerprint density at radius 2 is 2.21 bits per heavy atom. The van der Waals surface area contributed by atoms with Crippen LogP contribution in [0.3, 0.4) is 0 Å². The zero-order chi connectivity index (χ0) is 19.7. The molecule has 3 rings (SSSR count). The van der Waals surface area contributed by atoms with Crippen LogP contribution in [0.15, 0.2) is 18.1 Å². The van der Waals surface area contributed by atoms with Gasteiger partial charge in [0.1, 0.15) is 11.9 Å². The van der Waals surface area contributed by atoms with Gasteiger partial charge >= 0.3 is 6.09 Å². The second-order valence-electron chi connectivity index (χ2n) is 5.54. The number of hydrogen-bond acceptors (Lipinski definition) is 5. The predicted molar refractivity (Wildman–Crippen MR) is 85.7 cm³/mol. The molecule has 0 aromatic heterocycles. The number of nitrogens with one attached hydrogen (secondary N) is 1. The highest BCUT2D eigenvalue weighted by Crippen LogP contribution is 2.28. The first-order valence-corrected chi connectivity index (χ1v) is 7.65. The van der Waals surface area contributed by atoms with Crippen molar-refractivity contribution in [1.82, 2.24) is 5.32 Å². The molecule has 2 aliphatic rings. The van der Waals surface area contributed by atoms with Crippen molar-refractivity contribution in [3.05, 3.63) is 23.9 Å². The Hall–Kier alpha value is -2.35. The number of nitrogens with zero attached hydrogens (tertiary/aromatic N) is 2. The van der Waals surface area contributed by atoms with Gasteiger partial charge in [-0.05, 0) is 18.1 Å². The topological polar surface area (TPSA) is 71.1 Å². The summed E-state index contributed by atoms with van der Waals surface area (Å²) in [6.07, 6.45) is -1.53. The Balaban J connectivity index is 1.92. The van der Waals surface area contributed by atoms with Crippen molar-refractivity contribution in [2.24, 2.45) is 0 Å². The van der Waals surface area contributed by atoms with Crippen LogP contribution in [0.5, 0.6) is 0 Å². The van der Waals surface area contributed by atoms with Gasteiger partial charge in [-0.1, -0.05) is 0 Å². The lowest BCUT2D eigenvalue weighted by atomic mass is 10.2. The van der Waals surface area contributed by atoms with Crippen LogP contribution in [0.1, 0.15) is 11.0 Å². The number of hydrogen-bond donors (Lipinski definition) is 1. The molecule has 1 aromatic rings. The second-order valence-corrected chi connectivity index (χ2v) is 5.54. The van der Waals surface area contributed by atoms with Gasteiger partial charge in [-0.15, -0.1) is 0 Å². The summed E-state index contributed by atoms with van der Waals surface area (Å²) in [5.74, 6) is -1.24. The van der Waals surface area contributed by atoms with Gasteiger partial charge < -0.3 is 19.7 Å². The lowest BCUT2D eigenvalue weighted by Gasteiger charge is -2.29. The van der Waals surface area contributed by atoms with Crippen LogP contribution in [-0.2, 0) is 14.3 Å². The lowest BCUT2D eigenvalue weighted by Crippen LogP contribution is -2.36. The summed E-state index contributed by atoms with van der Waals surface area (Å²) in [5, 5.41) is 2.52. The molecular weight excluding hydrogens is 317 g/mol. The number of carbonyl (C=O) groups is 2. The number of benzene rings is 1. The molecule has 7 nitrogen and oxygen atoms in total. The van der Waals surface area contributed by atoms with Crippen molar-refractivity contribution >= 4 is 23.4 Å². The lowest BCUT2D eigenvalue weighted by molar-refractivity contribution is -0.119. The fraction of sp³-hybridized carbons (Fsp3) is 0.500. The highest BCUT2D eigenvalue weighted by atomic mass is 19.1. The SMILES string of the molecule is [2H]c1c([2H])c(N2C[C@H](CNC(C)=O)OC2=O)c([2H])c(F)c1N1CCOCC1. The van der Waals surface area contributed by atoms with Gasteiger partial charge in [0.15, 0.2) is 0 Å². The molecule has 0 spiro atoms. The van der Waals surface area contributed by atoms with Crippen molar-refractivity contribution < 1.29 is 27.6 Å². The van der Waals surface area contributed by atoms with Crippen LogP contribution in [0.2, 0.25) is 0 Å². The van der Waals surface area contributed by atoms with Crippen LogP contribution in [-0.4, -0.2) is 57.5 Å². The standard InChI is InChI=1S/C16H20FN3O4/c1-11(21)18-9-13-10-20(16(22)24-13)12-2-3-15(14(17)8-12)19-4-6-23-7-5-19/h2-3,8,13H,4-7,9-10H2,1H3,(H,18,21)/t13-/m0/s1/i2D,3D,8D. The first kappa shape index (κ1) is 13.0. The van der Waals surface area contributed by atoms with E-state index in [-0.39, 0.29) is 30.4 Å². The van der Waals surface area contributed by atoms with E-state index in [0.29, 0.717) is 26.3 Å². The minimum absolute atomic E-state index is 0.0490. The summed E-state index contributed by atoms with van der Waals surface area (Å²) in [4.78, 5) is 25.7. The van der Waals surface area contributed by atoms with Crippen LogP contribution in [0.25, 0.3) is 0 Å². The molecule has 2 fully saturated rings. The van der Waals surface area contributed by atoms with E-state index >= 15 is 0 Å². The maximum Gasteiger partial charge on any atom is 0.414 e. The van der Waals surface area contributed by atoms with Gasteiger partial charge in [0, 0.05) is 20.0 Å². The molecule has 1 aromatic carbocycles. The highest BCUT2D eigenvalue weighted by Gasteiger charge is 2.32. The van der Waals surface area contributed by atoms with E-state index in [0.717, 1.165) is 4.90 Å². The maximum absolute atomic E-state index is 14.9. The molecule has 0 saturated carbocycles. The number of halogens is 1. The van der Waals surface area contributed by atoms with Crippen LogP contribution in [0.4, 0.5) is 20.6 Å². The average Bonchev–Trinajstić information content (AvgIpc) is 3.00. The van der Waals surface area contributed by atoms with Crippen LogP contribution < -0.4 is 15.1 Å². The average molecular weight is 340 g/mol. The van der Waals surface area contributed by atoms with Gasteiger partial charge in [-0.2, -0.15) is 0 Å². The third-order valence-electron chi connectivity index (χ3n) is 3.79. The Bertz CT molecular complexity index is 745. The van der Waals surface area contributed by atoms with E-state index < -0.39 is 36.1 Å². The molecule has 130 valence electrons. The van der Waals surface area contributed by atoms with Gasteiger partial charge in [0.25, 0.3) is 0 Å². The molecule has 0 bridgehead atoms. The third-order valence-corrected chi connectivity index (χ3v) is 3.79. The molecule has 2 amide bonds. The van der Waals surface area contributed by atoms with E-state index in [2.05, 4.69) is 5.32 Å². The quantitative estimate of drug-likeness (QED) is 0.889. The fourth-order valence-corrected chi connectivity index (χ4v) is 2.58. The van der Waals surface area contributed by atoms with Crippen molar-refractivity contribution in [2.45, 2.75) is 13.0 Å². The molecule has 0 radical (unpaired) electrons. The van der Waals surface area contributed by atoms with Gasteiger partial charge in [-0.25, -0.2) is 9.18 Å². The Morgan fingerprint density at radius 3 is 2.92 bits per heavy atom. The zero-order valence-corrected chi connectivity index (χ0v) is 13.2. The van der Waals surface area contributed by atoms with Gasteiger partial charge in [0.2, 0.25) is 5.91 Å².